The van der Waals surface area contributed by atoms with Crippen LogP contribution in [0, 0.1) is 0 Å². The highest BCUT2D eigenvalue weighted by Crippen LogP contribution is 2.20. The van der Waals surface area contributed by atoms with Gasteiger partial charge in [-0.3, -0.25) is 4.79 Å². The predicted octanol–water partition coefficient (Wildman–Crippen LogP) is 1.88. The summed E-state index contributed by atoms with van der Waals surface area (Å²) in [6.45, 7) is 9.54. The fraction of sp³-hybridized carbons (Fsp3) is 0.923. The Morgan fingerprint density at radius 2 is 2.00 bits per heavy atom. The van der Waals surface area contributed by atoms with E-state index >= 15 is 0 Å². The number of esters is 1. The third-order valence-electron chi connectivity index (χ3n) is 2.92. The third-order valence-corrected chi connectivity index (χ3v) is 2.92. The van der Waals surface area contributed by atoms with E-state index in [1.54, 1.807) is 0 Å². The summed E-state index contributed by atoms with van der Waals surface area (Å²) in [4.78, 5) is 11.9. The minimum atomic E-state index is -0.500. The molecule has 0 aromatic carbocycles. The average Bonchev–Trinajstić information content (AvgIpc) is 2.24. The lowest BCUT2D eigenvalue weighted by Gasteiger charge is -2.32. The second kappa shape index (κ2) is 5.83. The molecule has 1 N–H and O–H groups in total. The fourth-order valence-corrected chi connectivity index (χ4v) is 1.87. The van der Waals surface area contributed by atoms with Crippen LogP contribution in [0.4, 0.5) is 0 Å². The molecule has 17 heavy (non-hydrogen) atoms. The van der Waals surface area contributed by atoms with Gasteiger partial charge in [-0.1, -0.05) is 0 Å². The monoisotopic (exact) mass is 243 g/mol. The van der Waals surface area contributed by atoms with E-state index in [4.69, 9.17) is 9.47 Å². The Morgan fingerprint density at radius 3 is 2.53 bits per heavy atom. The maximum atomic E-state index is 11.9. The van der Waals surface area contributed by atoms with E-state index in [0.717, 1.165) is 25.8 Å². The minimum absolute atomic E-state index is 0.158. The Bertz CT molecular complexity index is 252. The number of hydrogen-bond donors (Lipinski definition) is 1. The SMILES string of the molecule is CC(C)(C)OCCOC(=O)C1(C)CCCCN1. The van der Waals surface area contributed by atoms with Crippen LogP contribution < -0.4 is 5.32 Å². The van der Waals surface area contributed by atoms with E-state index in [9.17, 15) is 4.79 Å². The van der Waals surface area contributed by atoms with Gasteiger partial charge in [0.05, 0.1) is 12.2 Å². The summed E-state index contributed by atoms with van der Waals surface area (Å²) in [5.74, 6) is -0.158. The zero-order valence-electron chi connectivity index (χ0n) is 11.5. The molecule has 1 fully saturated rings. The van der Waals surface area contributed by atoms with Crippen LogP contribution in [0.3, 0.4) is 0 Å². The summed E-state index contributed by atoms with van der Waals surface area (Å²) >= 11 is 0. The van der Waals surface area contributed by atoms with Gasteiger partial charge in [-0.2, -0.15) is 0 Å². The van der Waals surface area contributed by atoms with Gasteiger partial charge in [-0.05, 0) is 53.5 Å². The maximum Gasteiger partial charge on any atom is 0.326 e. The molecular formula is C13H25NO3. The Morgan fingerprint density at radius 1 is 1.29 bits per heavy atom. The molecule has 1 heterocycles. The van der Waals surface area contributed by atoms with Crippen molar-refractivity contribution >= 4 is 5.97 Å². The lowest BCUT2D eigenvalue weighted by atomic mass is 9.91. The normalized spacial score (nSPS) is 25.6. The molecule has 1 atom stereocenters. The molecule has 4 nitrogen and oxygen atoms in total. The molecule has 0 bridgehead atoms. The van der Waals surface area contributed by atoms with E-state index in [1.807, 2.05) is 27.7 Å². The number of hydrogen-bond acceptors (Lipinski definition) is 4. The first-order valence-corrected chi connectivity index (χ1v) is 6.40. The Balaban J connectivity index is 2.24. The van der Waals surface area contributed by atoms with Crippen molar-refractivity contribution in [2.45, 2.75) is 58.1 Å². The fourth-order valence-electron chi connectivity index (χ4n) is 1.87. The largest absolute Gasteiger partial charge is 0.462 e. The smallest absolute Gasteiger partial charge is 0.326 e. The summed E-state index contributed by atoms with van der Waals surface area (Å²) < 4.78 is 10.8. The molecule has 0 amide bonds. The van der Waals surface area contributed by atoms with Crippen molar-refractivity contribution in [2.24, 2.45) is 0 Å². The molecule has 0 aromatic heterocycles. The summed E-state index contributed by atoms with van der Waals surface area (Å²) in [6.07, 6.45) is 3.07. The summed E-state index contributed by atoms with van der Waals surface area (Å²) in [7, 11) is 0. The number of nitrogens with one attached hydrogen (secondary N) is 1. The predicted molar refractivity (Wildman–Crippen MR) is 66.9 cm³/mol. The van der Waals surface area contributed by atoms with E-state index < -0.39 is 5.54 Å². The molecule has 1 aliphatic rings. The van der Waals surface area contributed by atoms with Gasteiger partial charge in [0.2, 0.25) is 0 Å². The molecular weight excluding hydrogens is 218 g/mol. The number of carbonyl (C=O) groups is 1. The molecule has 0 saturated carbocycles. The molecule has 1 aliphatic heterocycles. The van der Waals surface area contributed by atoms with Crippen LogP contribution in [0.15, 0.2) is 0 Å². The van der Waals surface area contributed by atoms with Crippen LogP contribution >= 0.6 is 0 Å². The van der Waals surface area contributed by atoms with E-state index in [-0.39, 0.29) is 11.6 Å². The molecule has 4 heteroatoms. The zero-order valence-corrected chi connectivity index (χ0v) is 11.5. The number of ether oxygens (including phenoxy) is 2. The van der Waals surface area contributed by atoms with Gasteiger partial charge in [0.15, 0.2) is 0 Å². The standard InChI is InChI=1S/C13H25NO3/c1-12(2,3)17-10-9-16-11(15)13(4)7-5-6-8-14-13/h14H,5-10H2,1-4H3. The van der Waals surface area contributed by atoms with Gasteiger partial charge in [0, 0.05) is 0 Å². The second-order valence-corrected chi connectivity index (χ2v) is 5.81. The molecule has 100 valence electrons. The van der Waals surface area contributed by atoms with Gasteiger partial charge < -0.3 is 14.8 Å². The topological polar surface area (TPSA) is 47.6 Å². The van der Waals surface area contributed by atoms with Crippen LogP contribution in [-0.2, 0) is 14.3 Å². The first-order valence-electron chi connectivity index (χ1n) is 6.40. The minimum Gasteiger partial charge on any atom is -0.462 e. The molecule has 1 saturated heterocycles. The Kier molecular flexibility index (Phi) is 4.95. The van der Waals surface area contributed by atoms with Crippen LogP contribution in [0.25, 0.3) is 0 Å². The van der Waals surface area contributed by atoms with Gasteiger partial charge in [-0.15, -0.1) is 0 Å². The summed E-state index contributed by atoms with van der Waals surface area (Å²) in [5.41, 5.74) is -0.681. The van der Waals surface area contributed by atoms with E-state index in [1.165, 1.54) is 0 Å². The highest BCUT2D eigenvalue weighted by atomic mass is 16.6. The highest BCUT2D eigenvalue weighted by Gasteiger charge is 2.35. The molecule has 1 unspecified atom stereocenters. The lowest BCUT2D eigenvalue weighted by Crippen LogP contribution is -2.53. The number of piperidine rings is 1. The van der Waals surface area contributed by atoms with Crippen LogP contribution in [0.1, 0.15) is 47.0 Å². The summed E-state index contributed by atoms with van der Waals surface area (Å²) in [5, 5.41) is 3.24. The van der Waals surface area contributed by atoms with Gasteiger partial charge >= 0.3 is 5.97 Å². The number of rotatable bonds is 4. The number of carbonyl (C=O) groups excluding carboxylic acids is 1. The Hall–Kier alpha value is -0.610. The zero-order chi connectivity index (χ0) is 12.9. The summed E-state index contributed by atoms with van der Waals surface area (Å²) in [6, 6.07) is 0. The molecule has 0 radical (unpaired) electrons. The van der Waals surface area contributed by atoms with Crippen LogP contribution in [-0.4, -0.2) is 36.9 Å². The van der Waals surface area contributed by atoms with Crippen LogP contribution in [0.2, 0.25) is 0 Å². The van der Waals surface area contributed by atoms with Gasteiger partial charge in [0.25, 0.3) is 0 Å². The van der Waals surface area contributed by atoms with Crippen molar-refractivity contribution in [1.29, 1.82) is 0 Å². The Labute approximate surface area is 104 Å². The van der Waals surface area contributed by atoms with Crippen molar-refractivity contribution in [3.05, 3.63) is 0 Å². The first kappa shape index (κ1) is 14.5. The van der Waals surface area contributed by atoms with Gasteiger partial charge in [0.1, 0.15) is 12.1 Å². The quantitative estimate of drug-likeness (QED) is 0.605. The van der Waals surface area contributed by atoms with Crippen molar-refractivity contribution in [3.63, 3.8) is 0 Å². The van der Waals surface area contributed by atoms with Crippen molar-refractivity contribution in [2.75, 3.05) is 19.8 Å². The third kappa shape index (κ3) is 5.04. The van der Waals surface area contributed by atoms with Crippen LogP contribution in [0.5, 0.6) is 0 Å². The van der Waals surface area contributed by atoms with Gasteiger partial charge in [-0.25, -0.2) is 0 Å². The molecule has 0 aliphatic carbocycles. The molecule has 0 aromatic rings. The van der Waals surface area contributed by atoms with Crippen molar-refractivity contribution in [1.82, 2.24) is 5.32 Å². The molecule has 0 spiro atoms. The first-order chi connectivity index (χ1) is 7.83. The highest BCUT2D eigenvalue weighted by molar-refractivity contribution is 5.80. The maximum absolute atomic E-state index is 11.9. The second-order valence-electron chi connectivity index (χ2n) is 5.81. The lowest BCUT2D eigenvalue weighted by molar-refractivity contribution is -0.155. The van der Waals surface area contributed by atoms with Crippen molar-refractivity contribution < 1.29 is 14.3 Å². The molecule has 1 rings (SSSR count). The van der Waals surface area contributed by atoms with Crippen molar-refractivity contribution in [3.8, 4) is 0 Å². The average molecular weight is 243 g/mol. The van der Waals surface area contributed by atoms with E-state index in [0.29, 0.717) is 13.2 Å². The van der Waals surface area contributed by atoms with E-state index in [2.05, 4.69) is 5.32 Å².